The molecule has 0 spiro atoms. The molecule has 1 aliphatic rings. The van der Waals surface area contributed by atoms with Gasteiger partial charge >= 0.3 is 6.09 Å². The SMILES string of the molecule is COc1ccc(CNC(=O)[C@@H](NC(=O)C2CCN(C(=O)[C@H](Cc3ccccc3)NC(=O)OC(C)(C)C)CC2)C(C)C)cc1. The number of methoxy groups -OCH3 is 1. The number of nitrogens with one attached hydrogen (secondary N) is 3. The molecule has 0 aromatic heterocycles. The lowest BCUT2D eigenvalue weighted by Gasteiger charge is -2.35. The third-order valence-corrected chi connectivity index (χ3v) is 7.32. The van der Waals surface area contributed by atoms with Crippen LogP contribution in [0.4, 0.5) is 4.79 Å². The molecule has 10 heteroatoms. The summed E-state index contributed by atoms with van der Waals surface area (Å²) in [4.78, 5) is 54.0. The first-order valence-corrected chi connectivity index (χ1v) is 14.9. The van der Waals surface area contributed by atoms with Crippen LogP contribution in [0.2, 0.25) is 0 Å². The standard InChI is InChI=1S/C33H46N4O6/c1-22(2)28(30(39)34-21-24-12-14-26(42-6)15-13-24)36-29(38)25-16-18-37(19-17-25)31(40)27(20-23-10-8-7-9-11-23)35-32(41)43-33(3,4)5/h7-15,22,25,27-28H,16-21H2,1-6H3,(H,34,39)(H,35,41)(H,36,38)/t27-,28-/m0/s1. The second-order valence-electron chi connectivity index (χ2n) is 12.3. The van der Waals surface area contributed by atoms with E-state index in [0.29, 0.717) is 38.9 Å². The molecule has 2 aromatic carbocycles. The Labute approximate surface area is 254 Å². The Balaban J connectivity index is 1.56. The molecule has 234 valence electrons. The predicted molar refractivity (Wildman–Crippen MR) is 164 cm³/mol. The number of hydrogen-bond acceptors (Lipinski definition) is 6. The average molecular weight is 595 g/mol. The van der Waals surface area contributed by atoms with Gasteiger partial charge in [-0.05, 0) is 62.8 Å². The van der Waals surface area contributed by atoms with Crippen molar-refractivity contribution in [2.24, 2.45) is 11.8 Å². The molecule has 1 saturated heterocycles. The molecule has 1 aliphatic heterocycles. The predicted octanol–water partition coefficient (Wildman–Crippen LogP) is 3.83. The zero-order valence-corrected chi connectivity index (χ0v) is 26.1. The van der Waals surface area contributed by atoms with Gasteiger partial charge < -0.3 is 30.3 Å². The first-order valence-electron chi connectivity index (χ1n) is 14.9. The highest BCUT2D eigenvalue weighted by Gasteiger charge is 2.34. The van der Waals surface area contributed by atoms with Crippen molar-refractivity contribution in [1.29, 1.82) is 0 Å². The lowest BCUT2D eigenvalue weighted by Crippen LogP contribution is -2.54. The Kier molecular flexibility index (Phi) is 12.0. The zero-order valence-electron chi connectivity index (χ0n) is 26.1. The maximum Gasteiger partial charge on any atom is 0.408 e. The van der Waals surface area contributed by atoms with Crippen LogP contribution in [0.25, 0.3) is 0 Å². The number of amides is 4. The van der Waals surface area contributed by atoms with Gasteiger partial charge in [-0.25, -0.2) is 4.79 Å². The molecule has 4 amide bonds. The van der Waals surface area contributed by atoms with Crippen LogP contribution in [0.15, 0.2) is 54.6 Å². The normalized spacial score (nSPS) is 15.3. The minimum atomic E-state index is -0.803. The largest absolute Gasteiger partial charge is 0.497 e. The van der Waals surface area contributed by atoms with E-state index in [2.05, 4.69) is 16.0 Å². The van der Waals surface area contributed by atoms with Gasteiger partial charge in [-0.3, -0.25) is 14.4 Å². The number of rotatable bonds is 11. The van der Waals surface area contributed by atoms with Crippen LogP contribution in [0.1, 0.15) is 58.6 Å². The number of alkyl carbamates (subject to hydrolysis) is 1. The monoisotopic (exact) mass is 594 g/mol. The molecule has 1 fully saturated rings. The smallest absolute Gasteiger partial charge is 0.408 e. The van der Waals surface area contributed by atoms with Gasteiger partial charge in [0.15, 0.2) is 0 Å². The van der Waals surface area contributed by atoms with Crippen LogP contribution in [0, 0.1) is 11.8 Å². The lowest BCUT2D eigenvalue weighted by atomic mass is 9.93. The van der Waals surface area contributed by atoms with Crippen LogP contribution in [-0.4, -0.2) is 66.6 Å². The van der Waals surface area contributed by atoms with E-state index in [1.807, 2.05) is 68.4 Å². The fraction of sp³-hybridized carbons (Fsp3) is 0.515. The molecule has 0 unspecified atom stereocenters. The van der Waals surface area contributed by atoms with Crippen LogP contribution < -0.4 is 20.7 Å². The molecule has 1 heterocycles. The van der Waals surface area contributed by atoms with E-state index in [9.17, 15) is 19.2 Å². The van der Waals surface area contributed by atoms with Gasteiger partial charge in [0, 0.05) is 32.0 Å². The highest BCUT2D eigenvalue weighted by Crippen LogP contribution is 2.20. The van der Waals surface area contributed by atoms with Crippen molar-refractivity contribution < 1.29 is 28.7 Å². The fourth-order valence-electron chi connectivity index (χ4n) is 4.93. The van der Waals surface area contributed by atoms with Gasteiger partial charge in [0.1, 0.15) is 23.4 Å². The molecule has 3 rings (SSSR count). The highest BCUT2D eigenvalue weighted by atomic mass is 16.6. The molecule has 0 saturated carbocycles. The average Bonchev–Trinajstić information content (AvgIpc) is 2.97. The van der Waals surface area contributed by atoms with Crippen molar-refractivity contribution in [2.45, 2.75) is 78.1 Å². The summed E-state index contributed by atoms with van der Waals surface area (Å²) >= 11 is 0. The van der Waals surface area contributed by atoms with Gasteiger partial charge in [0.2, 0.25) is 17.7 Å². The second kappa shape index (κ2) is 15.4. The van der Waals surface area contributed by atoms with E-state index >= 15 is 0 Å². The molecule has 0 bridgehead atoms. The molecular weight excluding hydrogens is 548 g/mol. The summed E-state index contributed by atoms with van der Waals surface area (Å²) in [6.07, 6.45) is 0.586. The highest BCUT2D eigenvalue weighted by molar-refractivity contribution is 5.89. The molecule has 0 radical (unpaired) electrons. The quantitative estimate of drug-likeness (QED) is 0.363. The first-order chi connectivity index (χ1) is 20.4. The number of ether oxygens (including phenoxy) is 2. The summed E-state index contributed by atoms with van der Waals surface area (Å²) in [7, 11) is 1.60. The number of nitrogens with zero attached hydrogens (tertiary/aromatic N) is 1. The molecule has 10 nitrogen and oxygen atoms in total. The Hall–Kier alpha value is -4.08. The van der Waals surface area contributed by atoms with Crippen molar-refractivity contribution in [3.63, 3.8) is 0 Å². The van der Waals surface area contributed by atoms with Crippen molar-refractivity contribution in [1.82, 2.24) is 20.9 Å². The van der Waals surface area contributed by atoms with Gasteiger partial charge in [0.05, 0.1) is 7.11 Å². The number of likely N-dealkylation sites (tertiary alicyclic amines) is 1. The van der Waals surface area contributed by atoms with E-state index in [1.165, 1.54) is 0 Å². The summed E-state index contributed by atoms with van der Waals surface area (Å²) in [5, 5.41) is 8.61. The maximum atomic E-state index is 13.6. The third kappa shape index (κ3) is 10.6. The molecule has 2 atom stereocenters. The zero-order chi connectivity index (χ0) is 31.6. The molecule has 43 heavy (non-hydrogen) atoms. The van der Waals surface area contributed by atoms with E-state index in [-0.39, 0.29) is 29.6 Å². The van der Waals surface area contributed by atoms with Crippen molar-refractivity contribution in [3.05, 3.63) is 65.7 Å². The van der Waals surface area contributed by atoms with E-state index in [4.69, 9.17) is 9.47 Å². The maximum absolute atomic E-state index is 13.6. The summed E-state index contributed by atoms with van der Waals surface area (Å²) in [6, 6.07) is 15.4. The fourth-order valence-corrected chi connectivity index (χ4v) is 4.93. The summed E-state index contributed by atoms with van der Waals surface area (Å²) < 4.78 is 10.6. The topological polar surface area (TPSA) is 126 Å². The summed E-state index contributed by atoms with van der Waals surface area (Å²) in [6.45, 7) is 10.2. The molecular formula is C33H46N4O6. The summed E-state index contributed by atoms with van der Waals surface area (Å²) in [5.41, 5.74) is 1.14. The Morgan fingerprint density at radius 3 is 2.09 bits per heavy atom. The third-order valence-electron chi connectivity index (χ3n) is 7.32. The van der Waals surface area contributed by atoms with Gasteiger partial charge in [-0.1, -0.05) is 56.3 Å². The Morgan fingerprint density at radius 2 is 1.53 bits per heavy atom. The second-order valence-corrected chi connectivity index (χ2v) is 12.3. The van der Waals surface area contributed by atoms with E-state index in [1.54, 1.807) is 32.8 Å². The minimum Gasteiger partial charge on any atom is -0.497 e. The molecule has 2 aromatic rings. The van der Waals surface area contributed by atoms with Gasteiger partial charge in [-0.15, -0.1) is 0 Å². The molecule has 3 N–H and O–H groups in total. The van der Waals surface area contributed by atoms with Crippen LogP contribution >= 0.6 is 0 Å². The number of carbonyl (C=O) groups excluding carboxylic acids is 4. The van der Waals surface area contributed by atoms with Gasteiger partial charge in [-0.2, -0.15) is 0 Å². The van der Waals surface area contributed by atoms with Crippen molar-refractivity contribution >= 4 is 23.8 Å². The summed E-state index contributed by atoms with van der Waals surface area (Å²) in [5.74, 6) is -0.361. The van der Waals surface area contributed by atoms with Crippen LogP contribution in [-0.2, 0) is 32.1 Å². The number of carbonyl (C=O) groups is 4. The lowest BCUT2D eigenvalue weighted by molar-refractivity contribution is -0.138. The van der Waals surface area contributed by atoms with E-state index in [0.717, 1.165) is 16.9 Å². The number of piperidine rings is 1. The van der Waals surface area contributed by atoms with Crippen LogP contribution in [0.3, 0.4) is 0 Å². The van der Waals surface area contributed by atoms with Gasteiger partial charge in [0.25, 0.3) is 0 Å². The minimum absolute atomic E-state index is 0.112. The van der Waals surface area contributed by atoms with Crippen LogP contribution in [0.5, 0.6) is 5.75 Å². The molecule has 0 aliphatic carbocycles. The number of hydrogen-bond donors (Lipinski definition) is 3. The van der Waals surface area contributed by atoms with E-state index < -0.39 is 23.8 Å². The Bertz CT molecular complexity index is 1220. The first kappa shape index (κ1) is 33.4. The number of benzene rings is 2. The Morgan fingerprint density at radius 1 is 0.907 bits per heavy atom. The van der Waals surface area contributed by atoms with Crippen molar-refractivity contribution in [2.75, 3.05) is 20.2 Å². The van der Waals surface area contributed by atoms with Crippen molar-refractivity contribution in [3.8, 4) is 5.75 Å².